The van der Waals surface area contributed by atoms with Gasteiger partial charge in [0, 0.05) is 18.3 Å². The Hall–Kier alpha value is -2.34. The Bertz CT molecular complexity index is 673. The monoisotopic (exact) mass is 247 g/mol. The van der Waals surface area contributed by atoms with E-state index in [4.69, 9.17) is 10.5 Å². The molecule has 6 heteroatoms. The molecule has 0 aliphatic heterocycles. The second-order valence-electron chi connectivity index (χ2n) is 3.66. The number of nitrogens with zero attached hydrogens (tertiary/aromatic N) is 1. The molecule has 0 saturated heterocycles. The number of hydrogen-bond donors (Lipinski definition) is 2. The largest absolute Gasteiger partial charge is 0.495 e. The van der Waals surface area contributed by atoms with Crippen molar-refractivity contribution in [1.29, 1.82) is 0 Å². The topological polar surface area (TPSA) is 90.1 Å². The van der Waals surface area contributed by atoms with Crippen LogP contribution in [0.3, 0.4) is 0 Å². The van der Waals surface area contributed by atoms with Gasteiger partial charge in [0.2, 0.25) is 0 Å². The lowest BCUT2D eigenvalue weighted by Crippen LogP contribution is -2.31. The highest BCUT2D eigenvalue weighted by Gasteiger charge is 2.08. The van der Waals surface area contributed by atoms with E-state index in [1.807, 2.05) is 0 Å². The minimum atomic E-state index is -0.526. The quantitative estimate of drug-likeness (QED) is 0.798. The first-order chi connectivity index (χ1) is 8.67. The van der Waals surface area contributed by atoms with Gasteiger partial charge in [-0.1, -0.05) is 12.1 Å². The molecular formula is C12H13N3O3. The van der Waals surface area contributed by atoms with Gasteiger partial charge in [-0.25, -0.2) is 4.79 Å². The third kappa shape index (κ3) is 2.05. The number of aromatic amines is 1. The zero-order valence-electron chi connectivity index (χ0n) is 9.84. The average molecular weight is 247 g/mol. The highest BCUT2D eigenvalue weighted by atomic mass is 16.5. The van der Waals surface area contributed by atoms with Crippen molar-refractivity contribution in [3.63, 3.8) is 0 Å². The molecule has 6 nitrogen and oxygen atoms in total. The summed E-state index contributed by atoms with van der Waals surface area (Å²) in [6.45, 7) is 0.0603. The van der Waals surface area contributed by atoms with Crippen molar-refractivity contribution in [3.8, 4) is 11.4 Å². The van der Waals surface area contributed by atoms with Crippen molar-refractivity contribution in [2.24, 2.45) is 5.73 Å². The average Bonchev–Trinajstić information content (AvgIpc) is 2.39. The molecule has 18 heavy (non-hydrogen) atoms. The SMILES string of the molecule is COc1ccccc1-n1cc(CN)c(=O)[nH]c1=O. The number of aromatic nitrogens is 2. The van der Waals surface area contributed by atoms with Crippen LogP contribution in [0.25, 0.3) is 5.69 Å². The standard InChI is InChI=1S/C12H13N3O3/c1-18-10-5-3-2-4-9(10)15-7-8(6-13)11(16)14-12(15)17/h2-5,7H,6,13H2,1H3,(H,14,16,17). The van der Waals surface area contributed by atoms with Crippen LogP contribution in [0.1, 0.15) is 5.56 Å². The van der Waals surface area contributed by atoms with Crippen LogP contribution in [0, 0.1) is 0 Å². The molecule has 0 spiro atoms. The first-order valence-electron chi connectivity index (χ1n) is 5.35. The molecule has 1 aromatic carbocycles. The van der Waals surface area contributed by atoms with Crippen LogP contribution < -0.4 is 21.7 Å². The van der Waals surface area contributed by atoms with Gasteiger partial charge in [-0.3, -0.25) is 14.3 Å². The molecule has 0 fully saturated rings. The number of benzene rings is 1. The van der Waals surface area contributed by atoms with Crippen molar-refractivity contribution in [2.75, 3.05) is 7.11 Å². The number of para-hydroxylation sites is 2. The van der Waals surface area contributed by atoms with Crippen LogP contribution in [0.15, 0.2) is 40.1 Å². The number of H-pyrrole nitrogens is 1. The number of nitrogens with two attached hydrogens (primary N) is 1. The number of ether oxygens (including phenoxy) is 1. The van der Waals surface area contributed by atoms with Crippen molar-refractivity contribution in [2.45, 2.75) is 6.54 Å². The minimum absolute atomic E-state index is 0.0603. The summed E-state index contributed by atoms with van der Waals surface area (Å²) in [5.41, 5.74) is 5.35. The summed E-state index contributed by atoms with van der Waals surface area (Å²) in [7, 11) is 1.51. The molecule has 0 atom stereocenters. The highest BCUT2D eigenvalue weighted by Crippen LogP contribution is 2.20. The van der Waals surface area contributed by atoms with Crippen LogP contribution in [-0.4, -0.2) is 16.7 Å². The van der Waals surface area contributed by atoms with Gasteiger partial charge in [-0.2, -0.15) is 0 Å². The molecule has 0 aliphatic carbocycles. The number of nitrogens with one attached hydrogen (secondary N) is 1. The predicted octanol–water partition coefficient (Wildman–Crippen LogP) is -0.00690. The second kappa shape index (κ2) is 4.89. The summed E-state index contributed by atoms with van der Waals surface area (Å²) < 4.78 is 6.48. The van der Waals surface area contributed by atoms with E-state index < -0.39 is 11.2 Å². The zero-order valence-corrected chi connectivity index (χ0v) is 9.84. The Balaban J connectivity index is 2.71. The first kappa shape index (κ1) is 12.1. The summed E-state index contributed by atoms with van der Waals surface area (Å²) >= 11 is 0. The Kier molecular flexibility index (Phi) is 3.29. The van der Waals surface area contributed by atoms with Gasteiger partial charge in [0.15, 0.2) is 0 Å². The maximum atomic E-state index is 11.8. The Labute approximate surface area is 103 Å². The van der Waals surface area contributed by atoms with Crippen LogP contribution >= 0.6 is 0 Å². The maximum absolute atomic E-state index is 11.8. The second-order valence-corrected chi connectivity index (χ2v) is 3.66. The third-order valence-electron chi connectivity index (χ3n) is 2.58. The fourth-order valence-corrected chi connectivity index (χ4v) is 1.66. The Morgan fingerprint density at radius 2 is 2.06 bits per heavy atom. The summed E-state index contributed by atoms with van der Waals surface area (Å²) in [5.74, 6) is 0.537. The van der Waals surface area contributed by atoms with Gasteiger partial charge in [-0.15, -0.1) is 0 Å². The lowest BCUT2D eigenvalue weighted by Gasteiger charge is -2.10. The summed E-state index contributed by atoms with van der Waals surface area (Å²) in [5, 5.41) is 0. The molecule has 0 aliphatic rings. The lowest BCUT2D eigenvalue weighted by atomic mass is 10.2. The van der Waals surface area contributed by atoms with E-state index in [0.717, 1.165) is 0 Å². The molecule has 3 N–H and O–H groups in total. The normalized spacial score (nSPS) is 10.3. The molecule has 94 valence electrons. The molecular weight excluding hydrogens is 234 g/mol. The Morgan fingerprint density at radius 1 is 1.33 bits per heavy atom. The number of hydrogen-bond acceptors (Lipinski definition) is 4. The summed E-state index contributed by atoms with van der Waals surface area (Å²) in [6, 6.07) is 7.02. The smallest absolute Gasteiger partial charge is 0.333 e. The van der Waals surface area contributed by atoms with E-state index in [1.165, 1.54) is 17.9 Å². The summed E-state index contributed by atoms with van der Waals surface area (Å²) in [6.07, 6.45) is 1.43. The predicted molar refractivity (Wildman–Crippen MR) is 67.1 cm³/mol. The van der Waals surface area contributed by atoms with Crippen molar-refractivity contribution in [1.82, 2.24) is 9.55 Å². The zero-order chi connectivity index (χ0) is 13.1. The number of rotatable bonds is 3. The van der Waals surface area contributed by atoms with E-state index >= 15 is 0 Å². The highest BCUT2D eigenvalue weighted by molar-refractivity contribution is 5.46. The molecule has 0 amide bonds. The fourth-order valence-electron chi connectivity index (χ4n) is 1.66. The van der Waals surface area contributed by atoms with Crippen LogP contribution in [-0.2, 0) is 6.54 Å². The third-order valence-corrected chi connectivity index (χ3v) is 2.58. The number of methoxy groups -OCH3 is 1. The minimum Gasteiger partial charge on any atom is -0.495 e. The van der Waals surface area contributed by atoms with E-state index in [1.54, 1.807) is 24.3 Å². The molecule has 2 aromatic rings. The molecule has 0 unspecified atom stereocenters. The van der Waals surface area contributed by atoms with Gasteiger partial charge in [0.1, 0.15) is 5.75 Å². The van der Waals surface area contributed by atoms with E-state index in [-0.39, 0.29) is 6.54 Å². The summed E-state index contributed by atoms with van der Waals surface area (Å²) in [4.78, 5) is 25.4. The molecule has 0 saturated carbocycles. The van der Waals surface area contributed by atoms with Gasteiger partial charge in [-0.05, 0) is 12.1 Å². The molecule has 1 aromatic heterocycles. The first-order valence-corrected chi connectivity index (χ1v) is 5.35. The molecule has 1 heterocycles. The van der Waals surface area contributed by atoms with Crippen LogP contribution in [0.4, 0.5) is 0 Å². The van der Waals surface area contributed by atoms with Crippen molar-refractivity contribution < 1.29 is 4.74 Å². The fraction of sp³-hybridized carbons (Fsp3) is 0.167. The van der Waals surface area contributed by atoms with E-state index in [0.29, 0.717) is 17.0 Å². The van der Waals surface area contributed by atoms with Gasteiger partial charge in [0.25, 0.3) is 5.56 Å². The van der Waals surface area contributed by atoms with Crippen LogP contribution in [0.5, 0.6) is 5.75 Å². The molecule has 2 rings (SSSR count). The van der Waals surface area contributed by atoms with Crippen molar-refractivity contribution in [3.05, 3.63) is 56.9 Å². The van der Waals surface area contributed by atoms with Crippen molar-refractivity contribution >= 4 is 0 Å². The van der Waals surface area contributed by atoms with Gasteiger partial charge in [0.05, 0.1) is 12.8 Å². The van der Waals surface area contributed by atoms with Crippen LogP contribution in [0.2, 0.25) is 0 Å². The molecule has 0 radical (unpaired) electrons. The van der Waals surface area contributed by atoms with Gasteiger partial charge < -0.3 is 10.5 Å². The Morgan fingerprint density at radius 3 is 2.72 bits per heavy atom. The van der Waals surface area contributed by atoms with Gasteiger partial charge >= 0.3 is 5.69 Å². The lowest BCUT2D eigenvalue weighted by molar-refractivity contribution is 0.412. The van der Waals surface area contributed by atoms with E-state index in [9.17, 15) is 9.59 Å². The maximum Gasteiger partial charge on any atom is 0.333 e. The van der Waals surface area contributed by atoms with E-state index in [2.05, 4.69) is 4.98 Å². The molecule has 0 bridgehead atoms.